The fourth-order valence-corrected chi connectivity index (χ4v) is 4.01. The lowest BCUT2D eigenvalue weighted by Crippen LogP contribution is -2.34. The van der Waals surface area contributed by atoms with Crippen molar-refractivity contribution in [3.8, 4) is 11.5 Å². The van der Waals surface area contributed by atoms with E-state index in [0.717, 1.165) is 6.07 Å². The smallest absolute Gasteiger partial charge is 0.274 e. The largest absolute Gasteiger partial charge is 0.550 e. The molecule has 0 radical (unpaired) electrons. The number of carboxylic acids is 1. The van der Waals surface area contributed by atoms with Crippen molar-refractivity contribution in [3.05, 3.63) is 58.1 Å². The van der Waals surface area contributed by atoms with E-state index in [1.807, 2.05) is 0 Å². The number of rotatable bonds is 7. The number of aliphatic carboxylic acids is 1. The van der Waals surface area contributed by atoms with Gasteiger partial charge in [0.1, 0.15) is 13.2 Å². The van der Waals surface area contributed by atoms with E-state index in [1.165, 1.54) is 36.4 Å². The van der Waals surface area contributed by atoms with Crippen LogP contribution < -0.4 is 19.3 Å². The second kappa shape index (κ2) is 7.82. The van der Waals surface area contributed by atoms with Gasteiger partial charge in [-0.2, -0.15) is 0 Å². The number of fused-ring (bicyclic) bond motifs is 1. The number of ether oxygens (including phenoxy) is 2. The van der Waals surface area contributed by atoms with E-state index in [4.69, 9.17) is 9.47 Å². The summed E-state index contributed by atoms with van der Waals surface area (Å²) in [5.41, 5.74) is -0.489. The lowest BCUT2D eigenvalue weighted by atomic mass is 10.0. The number of nitrogens with zero attached hydrogens (tertiary/aromatic N) is 1. The number of hydrogen-bond acceptors (Lipinski definition) is 8. The maximum Gasteiger partial charge on any atom is 0.274 e. The number of nitro groups is 1. The summed E-state index contributed by atoms with van der Waals surface area (Å²) in [7, 11) is -4.23. The Morgan fingerprint density at radius 1 is 1.14 bits per heavy atom. The Hall–Kier alpha value is -3.18. The number of carbonyl (C=O) groups is 1. The van der Waals surface area contributed by atoms with Crippen LogP contribution in [0.15, 0.2) is 47.4 Å². The number of nitro benzene ring substituents is 1. The van der Waals surface area contributed by atoms with E-state index < -0.39 is 39.1 Å². The van der Waals surface area contributed by atoms with E-state index in [2.05, 4.69) is 4.72 Å². The first-order valence-corrected chi connectivity index (χ1v) is 9.61. The molecule has 3 rings (SSSR count). The van der Waals surface area contributed by atoms with Crippen LogP contribution in [0.4, 0.5) is 5.69 Å². The van der Waals surface area contributed by atoms with Crippen molar-refractivity contribution in [2.24, 2.45) is 0 Å². The molecule has 1 N–H and O–H groups in total. The highest BCUT2D eigenvalue weighted by molar-refractivity contribution is 7.89. The molecule has 0 bridgehead atoms. The van der Waals surface area contributed by atoms with Crippen LogP contribution in [0.1, 0.15) is 18.0 Å². The minimum atomic E-state index is -4.23. The van der Waals surface area contributed by atoms with Gasteiger partial charge in [-0.15, -0.1) is 0 Å². The van der Waals surface area contributed by atoms with Gasteiger partial charge in [0.05, 0.1) is 15.9 Å². The van der Waals surface area contributed by atoms with Crippen LogP contribution in [0.2, 0.25) is 0 Å². The van der Waals surface area contributed by atoms with Crippen molar-refractivity contribution in [1.82, 2.24) is 4.72 Å². The topological polar surface area (TPSA) is 148 Å². The zero-order valence-electron chi connectivity index (χ0n) is 14.4. The van der Waals surface area contributed by atoms with Crippen LogP contribution in [-0.2, 0) is 14.8 Å². The van der Waals surface area contributed by atoms with Gasteiger partial charge in [-0.25, -0.2) is 13.1 Å². The summed E-state index contributed by atoms with van der Waals surface area (Å²) < 4.78 is 38.4. The monoisotopic (exact) mass is 407 g/mol. The summed E-state index contributed by atoms with van der Waals surface area (Å²) >= 11 is 0. The molecule has 11 heteroatoms. The van der Waals surface area contributed by atoms with Crippen LogP contribution >= 0.6 is 0 Å². The molecule has 0 aromatic heterocycles. The van der Waals surface area contributed by atoms with Crippen LogP contribution in [-0.4, -0.2) is 32.5 Å². The molecule has 1 atom stereocenters. The first kappa shape index (κ1) is 19.6. The molecule has 1 heterocycles. The van der Waals surface area contributed by atoms with E-state index in [1.54, 1.807) is 0 Å². The van der Waals surface area contributed by atoms with Crippen molar-refractivity contribution >= 4 is 21.7 Å². The lowest BCUT2D eigenvalue weighted by Gasteiger charge is -2.21. The Balaban J connectivity index is 1.97. The van der Waals surface area contributed by atoms with E-state index in [9.17, 15) is 28.4 Å². The summed E-state index contributed by atoms with van der Waals surface area (Å²) in [5.74, 6) is -0.945. The Kier molecular flexibility index (Phi) is 5.47. The molecular formula is C17H15N2O8S-. The highest BCUT2D eigenvalue weighted by Crippen LogP contribution is 2.33. The van der Waals surface area contributed by atoms with Gasteiger partial charge < -0.3 is 19.4 Å². The molecule has 1 aliphatic rings. The Bertz CT molecular complexity index is 1020. The zero-order valence-corrected chi connectivity index (χ0v) is 15.2. The third-order valence-electron chi connectivity index (χ3n) is 4.00. The number of para-hydroxylation sites is 1. The molecule has 2 aromatic carbocycles. The van der Waals surface area contributed by atoms with Gasteiger partial charge in [-0.05, 0) is 12.1 Å². The van der Waals surface area contributed by atoms with Gasteiger partial charge in [0, 0.05) is 30.1 Å². The predicted molar refractivity (Wildman–Crippen MR) is 93.2 cm³/mol. The van der Waals surface area contributed by atoms with Gasteiger partial charge in [0.25, 0.3) is 5.69 Å². The van der Waals surface area contributed by atoms with Crippen LogP contribution in [0, 0.1) is 10.1 Å². The summed E-state index contributed by atoms with van der Waals surface area (Å²) in [6.07, 6.45) is -0.783. The molecule has 10 nitrogen and oxygen atoms in total. The number of sulfonamides is 1. The summed E-state index contributed by atoms with van der Waals surface area (Å²) in [4.78, 5) is 21.5. The van der Waals surface area contributed by atoms with E-state index in [0.29, 0.717) is 12.4 Å². The molecule has 0 aliphatic carbocycles. The first-order chi connectivity index (χ1) is 13.3. The second-order valence-electron chi connectivity index (χ2n) is 5.87. The number of carboxylic acid groups (broad SMARTS) is 1. The minimum absolute atomic E-state index is 0.0854. The average molecular weight is 407 g/mol. The lowest BCUT2D eigenvalue weighted by molar-refractivity contribution is -0.385. The van der Waals surface area contributed by atoms with Gasteiger partial charge in [-0.3, -0.25) is 10.1 Å². The summed E-state index contributed by atoms with van der Waals surface area (Å²) in [6.45, 7) is 0.593. The molecule has 0 amide bonds. The fourth-order valence-electron chi connectivity index (χ4n) is 2.78. The van der Waals surface area contributed by atoms with Crippen LogP contribution in [0.3, 0.4) is 0 Å². The highest BCUT2D eigenvalue weighted by atomic mass is 32.2. The van der Waals surface area contributed by atoms with Gasteiger partial charge in [-0.1, -0.05) is 18.2 Å². The normalized spacial score (nSPS) is 14.3. The number of nitrogens with one attached hydrogen (secondary N) is 1. The van der Waals surface area contributed by atoms with Crippen LogP contribution in [0.25, 0.3) is 0 Å². The molecule has 2 aromatic rings. The zero-order chi connectivity index (χ0) is 20.3. The number of benzene rings is 2. The summed E-state index contributed by atoms with van der Waals surface area (Å²) in [6, 6.07) is 7.83. The van der Waals surface area contributed by atoms with Crippen molar-refractivity contribution in [2.75, 3.05) is 13.2 Å². The third kappa shape index (κ3) is 4.21. The molecule has 0 fully saturated rings. The van der Waals surface area contributed by atoms with E-state index >= 15 is 0 Å². The average Bonchev–Trinajstić information content (AvgIpc) is 2.66. The SMILES string of the molecule is O=C([O-])C[C@H](NS(=O)(=O)c1ccc2c(c1)OCCO2)c1ccccc1[N+](=O)[O-]. The second-order valence-corrected chi connectivity index (χ2v) is 7.59. The molecule has 0 saturated heterocycles. The third-order valence-corrected chi connectivity index (χ3v) is 5.47. The molecule has 0 spiro atoms. The first-order valence-electron chi connectivity index (χ1n) is 8.13. The molecule has 0 saturated carbocycles. The Labute approximate surface area is 159 Å². The van der Waals surface area contributed by atoms with Crippen molar-refractivity contribution in [1.29, 1.82) is 0 Å². The maximum atomic E-state index is 12.8. The minimum Gasteiger partial charge on any atom is -0.550 e. The van der Waals surface area contributed by atoms with Gasteiger partial charge in [0.2, 0.25) is 10.0 Å². The molecule has 148 valence electrons. The van der Waals surface area contributed by atoms with Gasteiger partial charge >= 0.3 is 0 Å². The molecule has 28 heavy (non-hydrogen) atoms. The predicted octanol–water partition coefficient (Wildman–Crippen LogP) is 0.526. The van der Waals surface area contributed by atoms with Crippen molar-refractivity contribution < 1.29 is 32.7 Å². The molecule has 1 aliphatic heterocycles. The number of hydrogen-bond donors (Lipinski definition) is 1. The molecular weight excluding hydrogens is 392 g/mol. The Morgan fingerprint density at radius 3 is 2.50 bits per heavy atom. The van der Waals surface area contributed by atoms with Crippen LogP contribution in [0.5, 0.6) is 11.5 Å². The summed E-state index contributed by atoms with van der Waals surface area (Å²) in [5, 5.41) is 22.4. The van der Waals surface area contributed by atoms with Gasteiger partial charge in [0.15, 0.2) is 11.5 Å². The number of carbonyl (C=O) groups excluding carboxylic acids is 1. The maximum absolute atomic E-state index is 12.8. The standard InChI is InChI=1S/C17H16N2O8S/c20-17(21)10-13(12-3-1-2-4-14(12)19(22)23)18-28(24,25)11-5-6-15-16(9-11)27-8-7-26-15/h1-6,9,13,18H,7-8,10H2,(H,20,21)/p-1/t13-/m0/s1. The fraction of sp³-hybridized carbons (Fsp3) is 0.235. The van der Waals surface area contributed by atoms with Crippen molar-refractivity contribution in [2.45, 2.75) is 17.4 Å². The van der Waals surface area contributed by atoms with Crippen molar-refractivity contribution in [3.63, 3.8) is 0 Å². The van der Waals surface area contributed by atoms with E-state index in [-0.39, 0.29) is 22.8 Å². The Morgan fingerprint density at radius 2 is 1.82 bits per heavy atom. The quantitative estimate of drug-likeness (QED) is 0.516. The molecule has 0 unspecified atom stereocenters. The highest BCUT2D eigenvalue weighted by Gasteiger charge is 2.28.